The summed E-state index contributed by atoms with van der Waals surface area (Å²) in [6, 6.07) is 5.28. The summed E-state index contributed by atoms with van der Waals surface area (Å²) >= 11 is 0. The standard InChI is InChI=1S/C34H55N5O6Si/c1-23-19-28-26(20-27(23)38-16-15-37(21-24(38)2)32(42)45-33(3,4)5)36-30(39(28)22-44-17-18-46(8,9)10)29(40)34(6)13-11-25(12-14-34)35-31(41)43-7/h19-20,24-25H,11-18,21-22H2,1-10H3,(H,35,41). The van der Waals surface area contributed by atoms with Crippen molar-refractivity contribution in [3.63, 3.8) is 0 Å². The van der Waals surface area contributed by atoms with Gasteiger partial charge < -0.3 is 29.3 Å². The molecule has 2 amide bonds. The van der Waals surface area contributed by atoms with E-state index in [2.05, 4.69) is 55.8 Å². The van der Waals surface area contributed by atoms with Crippen LogP contribution in [0.25, 0.3) is 11.0 Å². The van der Waals surface area contributed by atoms with Crippen LogP contribution in [0.1, 0.15) is 76.5 Å². The van der Waals surface area contributed by atoms with Crippen molar-refractivity contribution in [2.75, 3.05) is 38.3 Å². The van der Waals surface area contributed by atoms with E-state index in [1.807, 2.05) is 32.3 Å². The molecule has 1 aliphatic carbocycles. The number of ether oxygens (including phenoxy) is 3. The molecule has 1 aromatic heterocycles. The van der Waals surface area contributed by atoms with Crippen molar-refractivity contribution in [3.05, 3.63) is 23.5 Å². The van der Waals surface area contributed by atoms with Crippen LogP contribution in [0.2, 0.25) is 25.7 Å². The van der Waals surface area contributed by atoms with Crippen LogP contribution in [0, 0.1) is 12.3 Å². The van der Waals surface area contributed by atoms with Crippen LogP contribution in [0.5, 0.6) is 0 Å². The molecule has 256 valence electrons. The third-order valence-corrected chi connectivity index (χ3v) is 10.9. The number of fused-ring (bicyclic) bond motifs is 1. The highest BCUT2D eigenvalue weighted by molar-refractivity contribution is 6.76. The first-order valence-corrected chi connectivity index (χ1v) is 20.3. The van der Waals surface area contributed by atoms with Gasteiger partial charge in [0.25, 0.3) is 0 Å². The van der Waals surface area contributed by atoms with Gasteiger partial charge >= 0.3 is 12.2 Å². The minimum absolute atomic E-state index is 0.00700. The number of nitrogens with zero attached hydrogens (tertiary/aromatic N) is 4. The van der Waals surface area contributed by atoms with Crippen molar-refractivity contribution in [3.8, 4) is 0 Å². The maximum atomic E-state index is 14.3. The molecule has 1 saturated carbocycles. The molecule has 2 aliphatic rings. The summed E-state index contributed by atoms with van der Waals surface area (Å²) in [4.78, 5) is 47.9. The third kappa shape index (κ3) is 8.61. The van der Waals surface area contributed by atoms with Gasteiger partial charge in [-0.1, -0.05) is 26.6 Å². The fraction of sp³-hybridized carbons (Fsp3) is 0.706. The summed E-state index contributed by atoms with van der Waals surface area (Å²) in [5.74, 6) is 0.428. The Hall–Kier alpha value is -3.12. The molecule has 1 atom stereocenters. The quantitative estimate of drug-likeness (QED) is 0.183. The van der Waals surface area contributed by atoms with Crippen LogP contribution in [0.4, 0.5) is 15.3 Å². The predicted molar refractivity (Wildman–Crippen MR) is 183 cm³/mol. The van der Waals surface area contributed by atoms with Crippen LogP contribution < -0.4 is 10.2 Å². The number of piperazine rings is 1. The van der Waals surface area contributed by atoms with E-state index >= 15 is 0 Å². The van der Waals surface area contributed by atoms with E-state index < -0.39 is 25.2 Å². The number of anilines is 1. The molecule has 46 heavy (non-hydrogen) atoms. The van der Waals surface area contributed by atoms with Gasteiger partial charge in [0.05, 0.1) is 18.1 Å². The second-order valence-corrected chi connectivity index (χ2v) is 21.2. The number of nitrogens with one attached hydrogen (secondary N) is 1. The van der Waals surface area contributed by atoms with Gasteiger partial charge in [-0.25, -0.2) is 14.6 Å². The summed E-state index contributed by atoms with van der Waals surface area (Å²) in [6.07, 6.45) is 1.95. The van der Waals surface area contributed by atoms with Crippen molar-refractivity contribution in [2.24, 2.45) is 5.41 Å². The normalized spacial score (nSPS) is 22.6. The number of ketones is 1. The Balaban J connectivity index is 1.61. The Kier molecular flexibility index (Phi) is 10.8. The number of rotatable bonds is 9. The van der Waals surface area contributed by atoms with E-state index in [4.69, 9.17) is 19.2 Å². The second-order valence-electron chi connectivity index (χ2n) is 15.6. The lowest BCUT2D eigenvalue weighted by atomic mass is 9.71. The average molecular weight is 658 g/mol. The van der Waals surface area contributed by atoms with Crippen LogP contribution >= 0.6 is 0 Å². The van der Waals surface area contributed by atoms with Crippen molar-refractivity contribution in [1.29, 1.82) is 0 Å². The van der Waals surface area contributed by atoms with Gasteiger partial charge in [-0.05, 0) is 84.0 Å². The molecule has 2 aromatic rings. The van der Waals surface area contributed by atoms with Crippen LogP contribution in [0.3, 0.4) is 0 Å². The summed E-state index contributed by atoms with van der Waals surface area (Å²) in [6.45, 7) is 21.5. The molecule has 4 rings (SSSR count). The SMILES string of the molecule is COC(=O)NC1CCC(C)(C(=O)c2nc3cc(N4CCN(C(=O)OC(C)(C)C)CC4C)c(C)cc3n2COCC[Si](C)(C)C)CC1. The molecule has 11 nitrogen and oxygen atoms in total. The van der Waals surface area contributed by atoms with Crippen LogP contribution in [0.15, 0.2) is 12.1 Å². The summed E-state index contributed by atoms with van der Waals surface area (Å²) < 4.78 is 18.5. The molecule has 2 heterocycles. The molecule has 0 spiro atoms. The molecular formula is C34H55N5O6Si. The molecular weight excluding hydrogens is 602 g/mol. The van der Waals surface area contributed by atoms with E-state index in [9.17, 15) is 14.4 Å². The zero-order valence-electron chi connectivity index (χ0n) is 29.6. The van der Waals surface area contributed by atoms with Crippen molar-refractivity contribution >= 4 is 42.8 Å². The van der Waals surface area contributed by atoms with E-state index in [1.54, 1.807) is 4.90 Å². The fourth-order valence-electron chi connectivity index (χ4n) is 6.34. The molecule has 0 bridgehead atoms. The molecule has 1 aliphatic heterocycles. The molecule has 1 aromatic carbocycles. The third-order valence-electron chi connectivity index (χ3n) is 9.22. The fourth-order valence-corrected chi connectivity index (χ4v) is 7.10. The first-order valence-electron chi connectivity index (χ1n) is 16.6. The maximum Gasteiger partial charge on any atom is 0.410 e. The Morgan fingerprint density at radius 3 is 2.37 bits per heavy atom. The number of Topliss-reactive ketones (excluding diaryl/α,β-unsaturated/α-hetero) is 1. The lowest BCUT2D eigenvalue weighted by Gasteiger charge is -2.42. The number of carbonyl (C=O) groups is 3. The number of amides is 2. The van der Waals surface area contributed by atoms with Gasteiger partial charge in [0, 0.05) is 57.5 Å². The van der Waals surface area contributed by atoms with E-state index in [0.717, 1.165) is 28.3 Å². The Labute approximate surface area is 275 Å². The predicted octanol–water partition coefficient (Wildman–Crippen LogP) is 6.59. The van der Waals surface area contributed by atoms with Crippen molar-refractivity contribution in [2.45, 2.75) is 117 Å². The Morgan fingerprint density at radius 1 is 1.11 bits per heavy atom. The first-order chi connectivity index (χ1) is 21.4. The zero-order valence-corrected chi connectivity index (χ0v) is 30.6. The lowest BCUT2D eigenvalue weighted by Crippen LogP contribution is -2.54. The topological polar surface area (TPSA) is 115 Å². The van der Waals surface area contributed by atoms with Gasteiger partial charge in [-0.2, -0.15) is 0 Å². The Bertz CT molecular complexity index is 1420. The molecule has 1 unspecified atom stereocenters. The Morgan fingerprint density at radius 2 is 1.78 bits per heavy atom. The number of imidazole rings is 1. The number of methoxy groups -OCH3 is 1. The minimum Gasteiger partial charge on any atom is -0.453 e. The number of alkyl carbamates (subject to hydrolysis) is 1. The summed E-state index contributed by atoms with van der Waals surface area (Å²) in [7, 11) is 0.0726. The van der Waals surface area contributed by atoms with Crippen molar-refractivity contribution in [1.82, 2.24) is 19.8 Å². The van der Waals surface area contributed by atoms with Gasteiger partial charge in [-0.15, -0.1) is 0 Å². The molecule has 1 N–H and O–H groups in total. The highest BCUT2D eigenvalue weighted by atomic mass is 28.3. The lowest BCUT2D eigenvalue weighted by molar-refractivity contribution is 0.0218. The van der Waals surface area contributed by atoms with Gasteiger partial charge in [0.15, 0.2) is 5.82 Å². The number of benzene rings is 1. The average Bonchev–Trinajstić information content (AvgIpc) is 3.31. The van der Waals surface area contributed by atoms with E-state index in [-0.39, 0.29) is 30.7 Å². The number of carbonyl (C=O) groups excluding carboxylic acids is 3. The van der Waals surface area contributed by atoms with Gasteiger partial charge in [-0.3, -0.25) is 9.36 Å². The first kappa shape index (κ1) is 35.7. The number of hydrogen-bond donors (Lipinski definition) is 1. The summed E-state index contributed by atoms with van der Waals surface area (Å²) in [5.41, 5.74) is 2.62. The molecule has 12 heteroatoms. The number of aryl methyl sites for hydroxylation is 1. The number of hydrogen-bond acceptors (Lipinski definition) is 8. The second kappa shape index (κ2) is 13.9. The maximum absolute atomic E-state index is 14.3. The molecule has 2 fully saturated rings. The van der Waals surface area contributed by atoms with Gasteiger partial charge in [0.1, 0.15) is 12.3 Å². The largest absolute Gasteiger partial charge is 0.453 e. The smallest absolute Gasteiger partial charge is 0.410 e. The van der Waals surface area contributed by atoms with Gasteiger partial charge in [0.2, 0.25) is 5.78 Å². The van der Waals surface area contributed by atoms with Crippen molar-refractivity contribution < 1.29 is 28.6 Å². The minimum atomic E-state index is -1.29. The monoisotopic (exact) mass is 657 g/mol. The summed E-state index contributed by atoms with van der Waals surface area (Å²) in [5, 5.41) is 2.89. The zero-order chi connectivity index (χ0) is 34.0. The highest BCUT2D eigenvalue weighted by Crippen LogP contribution is 2.40. The highest BCUT2D eigenvalue weighted by Gasteiger charge is 2.41. The number of aromatic nitrogens is 2. The van der Waals surface area contributed by atoms with E-state index in [0.29, 0.717) is 57.7 Å². The van der Waals surface area contributed by atoms with Crippen LogP contribution in [-0.2, 0) is 20.9 Å². The molecule has 1 saturated heterocycles. The van der Waals surface area contributed by atoms with Crippen LogP contribution in [-0.4, -0.2) is 91.5 Å². The van der Waals surface area contributed by atoms with E-state index in [1.165, 1.54) is 7.11 Å². The molecule has 0 radical (unpaired) electrons.